The van der Waals surface area contributed by atoms with Crippen LogP contribution < -0.4 is 15.6 Å². The van der Waals surface area contributed by atoms with Crippen molar-refractivity contribution < 1.29 is 14.1 Å². The topological polar surface area (TPSA) is 144 Å². The Kier molecular flexibility index (Phi) is 7.66. The van der Waals surface area contributed by atoms with Crippen molar-refractivity contribution in [1.29, 1.82) is 0 Å². The number of nitro benzene ring substituents is 1. The van der Waals surface area contributed by atoms with Gasteiger partial charge in [-0.3, -0.25) is 10.1 Å². The van der Waals surface area contributed by atoms with Gasteiger partial charge in [-0.25, -0.2) is 5.43 Å². The second-order valence-corrected chi connectivity index (χ2v) is 9.23. The van der Waals surface area contributed by atoms with Crippen molar-refractivity contribution >= 4 is 47.0 Å². The van der Waals surface area contributed by atoms with Crippen molar-refractivity contribution in [3.63, 3.8) is 0 Å². The highest BCUT2D eigenvalue weighted by Crippen LogP contribution is 2.32. The van der Waals surface area contributed by atoms with Gasteiger partial charge in [-0.05, 0) is 49.2 Å². The van der Waals surface area contributed by atoms with E-state index in [2.05, 4.69) is 30.8 Å². The molecule has 1 saturated heterocycles. The Morgan fingerprint density at radius 1 is 1.05 bits per heavy atom. The minimum Gasteiger partial charge on any atom is -0.455 e. The average Bonchev–Trinajstić information content (AvgIpc) is 3.39. The maximum absolute atomic E-state index is 11.0. The van der Waals surface area contributed by atoms with Crippen LogP contribution in [0.5, 0.6) is 0 Å². The fourth-order valence-electron chi connectivity index (χ4n) is 3.90. The van der Waals surface area contributed by atoms with Crippen molar-refractivity contribution in [1.82, 2.24) is 15.0 Å². The van der Waals surface area contributed by atoms with Gasteiger partial charge in [0.15, 0.2) is 0 Å². The van der Waals surface area contributed by atoms with E-state index >= 15 is 0 Å². The van der Waals surface area contributed by atoms with Crippen LogP contribution in [0.3, 0.4) is 0 Å². The van der Waals surface area contributed by atoms with Crippen LogP contribution in [-0.4, -0.2) is 52.4 Å². The standard InChI is InChI=1S/C26H25ClN8O4/c1-16-3-4-17(2)22(13-16)29-24-30-25(32-26(31-24)34-9-11-38-12-10-34)33-28-15-19-6-8-23(39-19)20-7-5-18(35(36)37)14-21(20)27/h3-8,13-15H,9-12H2,1-2H3,(H2,29,30,31,32,33)/b28-15+. The number of hydrazone groups is 1. The second kappa shape index (κ2) is 11.5. The zero-order chi connectivity index (χ0) is 27.4. The van der Waals surface area contributed by atoms with E-state index in [1.54, 1.807) is 18.2 Å². The maximum atomic E-state index is 11.0. The maximum Gasteiger partial charge on any atom is 0.270 e. The van der Waals surface area contributed by atoms with Gasteiger partial charge >= 0.3 is 0 Å². The molecule has 2 aromatic carbocycles. The number of aryl methyl sites for hydroxylation is 2. The summed E-state index contributed by atoms with van der Waals surface area (Å²) < 4.78 is 11.3. The Hall–Kier alpha value is -4.55. The molecule has 200 valence electrons. The van der Waals surface area contributed by atoms with Crippen LogP contribution in [0.4, 0.5) is 29.2 Å². The van der Waals surface area contributed by atoms with Crippen LogP contribution in [0, 0.1) is 24.0 Å². The van der Waals surface area contributed by atoms with E-state index in [9.17, 15) is 10.1 Å². The third-order valence-corrected chi connectivity index (χ3v) is 6.28. The zero-order valence-corrected chi connectivity index (χ0v) is 22.0. The second-order valence-electron chi connectivity index (χ2n) is 8.82. The van der Waals surface area contributed by atoms with E-state index in [4.69, 9.17) is 20.8 Å². The number of morpholine rings is 1. The normalized spacial score (nSPS) is 13.6. The van der Waals surface area contributed by atoms with Crippen LogP contribution in [0.15, 0.2) is 58.0 Å². The summed E-state index contributed by atoms with van der Waals surface area (Å²) in [6.07, 6.45) is 1.47. The third kappa shape index (κ3) is 6.30. The summed E-state index contributed by atoms with van der Waals surface area (Å²) in [5, 5.41) is 18.7. The highest BCUT2D eigenvalue weighted by molar-refractivity contribution is 6.33. The van der Waals surface area contributed by atoms with Crippen molar-refractivity contribution in [3.05, 3.63) is 80.6 Å². The molecule has 0 spiro atoms. The molecule has 0 amide bonds. The number of hydrogen-bond acceptors (Lipinski definition) is 11. The number of nitro groups is 1. The number of anilines is 4. The van der Waals surface area contributed by atoms with Gasteiger partial charge < -0.3 is 19.4 Å². The van der Waals surface area contributed by atoms with Crippen LogP contribution >= 0.6 is 11.6 Å². The van der Waals surface area contributed by atoms with Crippen molar-refractivity contribution in [2.75, 3.05) is 41.9 Å². The van der Waals surface area contributed by atoms with E-state index in [1.165, 1.54) is 18.3 Å². The van der Waals surface area contributed by atoms with Gasteiger partial charge in [-0.1, -0.05) is 23.7 Å². The number of benzene rings is 2. The summed E-state index contributed by atoms with van der Waals surface area (Å²) in [6, 6.07) is 13.7. The zero-order valence-electron chi connectivity index (χ0n) is 21.2. The monoisotopic (exact) mass is 548 g/mol. The van der Waals surface area contributed by atoms with Crippen LogP contribution in [-0.2, 0) is 4.74 Å². The van der Waals surface area contributed by atoms with Crippen molar-refractivity contribution in [3.8, 4) is 11.3 Å². The SMILES string of the molecule is Cc1ccc(C)c(Nc2nc(N/N=C/c3ccc(-c4ccc([N+](=O)[O-])cc4Cl)o3)nc(N3CCOCC3)n2)c1. The summed E-state index contributed by atoms with van der Waals surface area (Å²) in [4.78, 5) is 26.1. The molecule has 0 bridgehead atoms. The third-order valence-electron chi connectivity index (χ3n) is 5.97. The van der Waals surface area contributed by atoms with Gasteiger partial charge in [0.1, 0.15) is 11.5 Å². The molecule has 1 fully saturated rings. The fourth-order valence-corrected chi connectivity index (χ4v) is 4.17. The molecular formula is C26H25ClN8O4. The average molecular weight is 549 g/mol. The predicted octanol–water partition coefficient (Wildman–Crippen LogP) is 5.34. The first-order valence-corrected chi connectivity index (χ1v) is 12.5. The molecule has 0 aliphatic carbocycles. The van der Waals surface area contributed by atoms with E-state index in [-0.39, 0.29) is 16.7 Å². The Bertz CT molecular complexity index is 1530. The Balaban J connectivity index is 1.35. The van der Waals surface area contributed by atoms with Crippen molar-refractivity contribution in [2.24, 2.45) is 5.10 Å². The lowest BCUT2D eigenvalue weighted by molar-refractivity contribution is -0.384. The number of aromatic nitrogens is 3. The first-order valence-electron chi connectivity index (χ1n) is 12.1. The summed E-state index contributed by atoms with van der Waals surface area (Å²) >= 11 is 6.22. The predicted molar refractivity (Wildman–Crippen MR) is 149 cm³/mol. The van der Waals surface area contributed by atoms with E-state index < -0.39 is 4.92 Å². The summed E-state index contributed by atoms with van der Waals surface area (Å²) in [5.41, 5.74) is 6.36. The van der Waals surface area contributed by atoms with Crippen molar-refractivity contribution in [2.45, 2.75) is 13.8 Å². The van der Waals surface area contributed by atoms with Gasteiger partial charge in [-0.15, -0.1) is 0 Å². The largest absolute Gasteiger partial charge is 0.455 e. The van der Waals surface area contributed by atoms with Gasteiger partial charge in [0.2, 0.25) is 17.8 Å². The number of furan rings is 1. The lowest BCUT2D eigenvalue weighted by Gasteiger charge is -2.27. The summed E-state index contributed by atoms with van der Waals surface area (Å²) in [6.45, 7) is 6.54. The lowest BCUT2D eigenvalue weighted by atomic mass is 10.1. The molecule has 2 N–H and O–H groups in total. The number of rotatable bonds is 8. The quantitative estimate of drug-likeness (QED) is 0.168. The minimum absolute atomic E-state index is 0.0958. The Morgan fingerprint density at radius 2 is 1.85 bits per heavy atom. The van der Waals surface area contributed by atoms with Gasteiger partial charge in [-0.2, -0.15) is 20.1 Å². The number of non-ortho nitro benzene ring substituents is 1. The number of ether oxygens (including phenoxy) is 1. The molecular weight excluding hydrogens is 524 g/mol. The molecule has 5 rings (SSSR count). The first-order chi connectivity index (χ1) is 18.9. The van der Waals surface area contributed by atoms with Crippen LogP contribution in [0.2, 0.25) is 5.02 Å². The minimum atomic E-state index is -0.504. The molecule has 4 aromatic rings. The van der Waals surface area contributed by atoms with E-state index in [1.807, 2.05) is 36.9 Å². The van der Waals surface area contributed by atoms with Gasteiger partial charge in [0, 0.05) is 36.5 Å². The highest BCUT2D eigenvalue weighted by atomic mass is 35.5. The number of hydrogen-bond donors (Lipinski definition) is 2. The molecule has 0 radical (unpaired) electrons. The Labute approximate surface area is 228 Å². The summed E-state index contributed by atoms with van der Waals surface area (Å²) in [7, 11) is 0. The molecule has 12 nitrogen and oxygen atoms in total. The highest BCUT2D eigenvalue weighted by Gasteiger charge is 2.17. The number of nitrogens with one attached hydrogen (secondary N) is 2. The molecule has 2 aromatic heterocycles. The molecule has 1 aliphatic heterocycles. The fraction of sp³-hybridized carbons (Fsp3) is 0.231. The molecule has 39 heavy (non-hydrogen) atoms. The first kappa shape index (κ1) is 26.1. The molecule has 0 saturated carbocycles. The van der Waals surface area contributed by atoms with Gasteiger partial charge in [0.05, 0.1) is 29.4 Å². The Morgan fingerprint density at radius 3 is 2.62 bits per heavy atom. The smallest absolute Gasteiger partial charge is 0.270 e. The summed E-state index contributed by atoms with van der Waals surface area (Å²) in [5.74, 6) is 2.02. The molecule has 0 unspecified atom stereocenters. The van der Waals surface area contributed by atoms with Crippen LogP contribution in [0.25, 0.3) is 11.3 Å². The van der Waals surface area contributed by atoms with Gasteiger partial charge in [0.25, 0.3) is 5.69 Å². The molecule has 13 heteroatoms. The van der Waals surface area contributed by atoms with E-state index in [0.717, 1.165) is 16.8 Å². The number of nitrogens with zero attached hydrogens (tertiary/aromatic N) is 6. The molecule has 1 aliphatic rings. The molecule has 0 atom stereocenters. The molecule has 3 heterocycles. The van der Waals surface area contributed by atoms with E-state index in [0.29, 0.717) is 55.3 Å². The lowest BCUT2D eigenvalue weighted by Crippen LogP contribution is -2.37. The van der Waals surface area contributed by atoms with Crippen LogP contribution in [0.1, 0.15) is 16.9 Å². The number of halogens is 1.